The number of nitrogens with two attached hydrogens (primary N) is 1. The minimum Gasteiger partial charge on any atom is -0.271 e. The minimum absolute atomic E-state index is 0.238. The van der Waals surface area contributed by atoms with Gasteiger partial charge in [0, 0.05) is 10.5 Å². The average Bonchev–Trinajstić information content (AvgIpc) is 2.19. The topological polar surface area (TPSA) is 38.0 Å². The van der Waals surface area contributed by atoms with Gasteiger partial charge in [-0.25, -0.2) is 0 Å². The number of hydrazine groups is 1. The molecule has 3 heteroatoms. The highest BCUT2D eigenvalue weighted by Gasteiger charge is 2.16. The van der Waals surface area contributed by atoms with Gasteiger partial charge in [-0.3, -0.25) is 11.3 Å². The van der Waals surface area contributed by atoms with Crippen LogP contribution in [0.3, 0.4) is 0 Å². The van der Waals surface area contributed by atoms with Crippen LogP contribution in [0.15, 0.2) is 28.7 Å². The predicted molar refractivity (Wildman–Crippen MR) is 68.3 cm³/mol. The van der Waals surface area contributed by atoms with E-state index in [1.54, 1.807) is 0 Å². The van der Waals surface area contributed by atoms with E-state index in [1.807, 2.05) is 12.1 Å². The number of hydrogen-bond donors (Lipinski definition) is 2. The summed E-state index contributed by atoms with van der Waals surface area (Å²) in [6, 6.07) is 8.55. The highest BCUT2D eigenvalue weighted by molar-refractivity contribution is 9.10. The Kier molecular flexibility index (Phi) is 5.29. The number of halogens is 1. The summed E-state index contributed by atoms with van der Waals surface area (Å²) in [5.41, 5.74) is 4.15. The molecular formula is C12H19BrN2. The first-order valence-corrected chi connectivity index (χ1v) is 6.20. The molecule has 0 amide bonds. The largest absolute Gasteiger partial charge is 0.271 e. The van der Waals surface area contributed by atoms with E-state index in [0.29, 0.717) is 5.92 Å². The van der Waals surface area contributed by atoms with E-state index in [1.165, 1.54) is 18.4 Å². The van der Waals surface area contributed by atoms with E-state index in [4.69, 9.17) is 5.84 Å². The summed E-state index contributed by atoms with van der Waals surface area (Å²) in [5, 5.41) is 0. The Hall–Kier alpha value is -0.380. The molecule has 0 aliphatic heterocycles. The van der Waals surface area contributed by atoms with Gasteiger partial charge in [-0.05, 0) is 30.0 Å². The van der Waals surface area contributed by atoms with Gasteiger partial charge in [0.25, 0.3) is 0 Å². The van der Waals surface area contributed by atoms with E-state index in [9.17, 15) is 0 Å². The van der Waals surface area contributed by atoms with E-state index in [2.05, 4.69) is 47.3 Å². The van der Waals surface area contributed by atoms with Gasteiger partial charge in [-0.1, -0.05) is 48.3 Å². The zero-order chi connectivity index (χ0) is 11.3. The molecule has 0 aliphatic rings. The molecular weight excluding hydrogens is 252 g/mol. The lowest BCUT2D eigenvalue weighted by atomic mass is 9.92. The second-order valence-corrected chi connectivity index (χ2v) is 4.88. The minimum atomic E-state index is 0.238. The molecule has 0 radical (unpaired) electrons. The summed E-state index contributed by atoms with van der Waals surface area (Å²) >= 11 is 3.48. The van der Waals surface area contributed by atoms with Crippen LogP contribution in [-0.4, -0.2) is 0 Å². The molecule has 0 aromatic heterocycles. The standard InChI is InChI=1S/C12H19BrN2/c1-3-5-9(2)12(15-14)10-6-4-7-11(13)8-10/h4,6-9,12,15H,3,5,14H2,1-2H3. The quantitative estimate of drug-likeness (QED) is 0.636. The molecule has 1 aromatic carbocycles. The lowest BCUT2D eigenvalue weighted by Gasteiger charge is -2.23. The van der Waals surface area contributed by atoms with Crippen molar-refractivity contribution in [2.75, 3.05) is 0 Å². The Morgan fingerprint density at radius 3 is 2.73 bits per heavy atom. The third kappa shape index (κ3) is 3.59. The Bertz CT molecular complexity index is 301. The van der Waals surface area contributed by atoms with Crippen LogP contribution in [0.2, 0.25) is 0 Å². The van der Waals surface area contributed by atoms with Crippen molar-refractivity contribution in [2.45, 2.75) is 32.7 Å². The average molecular weight is 271 g/mol. The van der Waals surface area contributed by atoms with Crippen LogP contribution in [0.4, 0.5) is 0 Å². The molecule has 0 saturated carbocycles. The highest BCUT2D eigenvalue weighted by Crippen LogP contribution is 2.26. The second-order valence-electron chi connectivity index (χ2n) is 3.97. The van der Waals surface area contributed by atoms with Crippen molar-refractivity contribution >= 4 is 15.9 Å². The Morgan fingerprint density at radius 1 is 1.47 bits per heavy atom. The monoisotopic (exact) mass is 270 g/mol. The third-order valence-corrected chi connectivity index (χ3v) is 3.19. The molecule has 0 heterocycles. The number of nitrogens with one attached hydrogen (secondary N) is 1. The van der Waals surface area contributed by atoms with E-state index in [-0.39, 0.29) is 6.04 Å². The normalized spacial score (nSPS) is 14.9. The fourth-order valence-electron chi connectivity index (χ4n) is 1.91. The third-order valence-electron chi connectivity index (χ3n) is 2.70. The van der Waals surface area contributed by atoms with E-state index >= 15 is 0 Å². The van der Waals surface area contributed by atoms with Gasteiger partial charge in [0.1, 0.15) is 0 Å². The van der Waals surface area contributed by atoms with Crippen LogP contribution >= 0.6 is 15.9 Å². The van der Waals surface area contributed by atoms with Gasteiger partial charge in [0.05, 0.1) is 0 Å². The van der Waals surface area contributed by atoms with Crippen molar-refractivity contribution in [1.29, 1.82) is 0 Å². The van der Waals surface area contributed by atoms with Crippen molar-refractivity contribution in [3.63, 3.8) is 0 Å². The number of benzene rings is 1. The fraction of sp³-hybridized carbons (Fsp3) is 0.500. The van der Waals surface area contributed by atoms with E-state index < -0.39 is 0 Å². The fourth-order valence-corrected chi connectivity index (χ4v) is 2.33. The van der Waals surface area contributed by atoms with Crippen molar-refractivity contribution in [1.82, 2.24) is 5.43 Å². The molecule has 84 valence electrons. The first-order chi connectivity index (χ1) is 7.19. The number of rotatable bonds is 5. The van der Waals surface area contributed by atoms with Gasteiger partial charge in [0.2, 0.25) is 0 Å². The van der Waals surface area contributed by atoms with Gasteiger partial charge >= 0.3 is 0 Å². The molecule has 2 nitrogen and oxygen atoms in total. The molecule has 3 N–H and O–H groups in total. The Labute approximate surface area is 100 Å². The van der Waals surface area contributed by atoms with Gasteiger partial charge in [0.15, 0.2) is 0 Å². The lowest BCUT2D eigenvalue weighted by Crippen LogP contribution is -2.32. The summed E-state index contributed by atoms with van der Waals surface area (Å²) < 4.78 is 1.10. The van der Waals surface area contributed by atoms with Crippen molar-refractivity contribution < 1.29 is 0 Å². The molecule has 0 spiro atoms. The van der Waals surface area contributed by atoms with Crippen LogP contribution in [0.1, 0.15) is 38.3 Å². The molecule has 0 saturated heterocycles. The maximum Gasteiger partial charge on any atom is 0.0485 e. The number of hydrogen-bond acceptors (Lipinski definition) is 2. The van der Waals surface area contributed by atoms with Gasteiger partial charge < -0.3 is 0 Å². The molecule has 1 rings (SSSR count). The predicted octanol–water partition coefficient (Wildman–Crippen LogP) is 3.39. The molecule has 0 aliphatic carbocycles. The van der Waals surface area contributed by atoms with E-state index in [0.717, 1.165) is 4.47 Å². The maximum absolute atomic E-state index is 5.62. The molecule has 15 heavy (non-hydrogen) atoms. The lowest BCUT2D eigenvalue weighted by molar-refractivity contribution is 0.368. The van der Waals surface area contributed by atoms with Gasteiger partial charge in [-0.15, -0.1) is 0 Å². The molecule has 0 bridgehead atoms. The highest BCUT2D eigenvalue weighted by atomic mass is 79.9. The van der Waals surface area contributed by atoms with Crippen molar-refractivity contribution in [2.24, 2.45) is 11.8 Å². The maximum atomic E-state index is 5.62. The SMILES string of the molecule is CCCC(C)C(NN)c1cccc(Br)c1. The molecule has 0 fully saturated rings. The zero-order valence-corrected chi connectivity index (χ0v) is 10.9. The summed E-state index contributed by atoms with van der Waals surface area (Å²) in [6.07, 6.45) is 2.37. The van der Waals surface area contributed by atoms with Crippen LogP contribution in [0, 0.1) is 5.92 Å². The summed E-state index contributed by atoms with van der Waals surface area (Å²) in [4.78, 5) is 0. The van der Waals surface area contributed by atoms with Crippen LogP contribution in [0.5, 0.6) is 0 Å². The summed E-state index contributed by atoms with van der Waals surface area (Å²) in [7, 11) is 0. The van der Waals surface area contributed by atoms with Crippen molar-refractivity contribution in [3.8, 4) is 0 Å². The Balaban J connectivity index is 2.82. The zero-order valence-electron chi connectivity index (χ0n) is 9.33. The van der Waals surface area contributed by atoms with Crippen LogP contribution in [0.25, 0.3) is 0 Å². The first-order valence-electron chi connectivity index (χ1n) is 5.40. The Morgan fingerprint density at radius 2 is 2.20 bits per heavy atom. The van der Waals surface area contributed by atoms with Gasteiger partial charge in [-0.2, -0.15) is 0 Å². The summed E-state index contributed by atoms with van der Waals surface area (Å²) in [6.45, 7) is 4.43. The molecule has 1 aromatic rings. The second kappa shape index (κ2) is 6.26. The smallest absolute Gasteiger partial charge is 0.0485 e. The first kappa shape index (κ1) is 12.7. The van der Waals surface area contributed by atoms with Crippen LogP contribution in [-0.2, 0) is 0 Å². The molecule has 2 atom stereocenters. The molecule has 2 unspecified atom stereocenters. The summed E-state index contributed by atoms with van der Waals surface area (Å²) in [5.74, 6) is 6.17. The van der Waals surface area contributed by atoms with Crippen molar-refractivity contribution in [3.05, 3.63) is 34.3 Å². The van der Waals surface area contributed by atoms with Crippen LogP contribution < -0.4 is 11.3 Å².